The number of ether oxygens (including phenoxy) is 2. The van der Waals surface area contributed by atoms with Crippen molar-refractivity contribution in [3.05, 3.63) is 0 Å². The quantitative estimate of drug-likeness (QED) is 0.712. The van der Waals surface area contributed by atoms with Crippen molar-refractivity contribution in [2.24, 2.45) is 0 Å². The fourth-order valence-electron chi connectivity index (χ4n) is 1.93. The summed E-state index contributed by atoms with van der Waals surface area (Å²) in [6, 6.07) is 0. The highest BCUT2D eigenvalue weighted by Crippen LogP contribution is 2.20. The fourth-order valence-corrected chi connectivity index (χ4v) is 1.93. The largest absolute Gasteiger partial charge is 0.450 e. The molecule has 0 heterocycles. The van der Waals surface area contributed by atoms with Gasteiger partial charge in [0.05, 0.1) is 12.7 Å². The molecule has 0 radical (unpaired) electrons. The number of alkyl carbamates (subject to hydrolysis) is 1. The van der Waals surface area contributed by atoms with Crippen LogP contribution in [-0.2, 0) is 9.47 Å². The zero-order valence-electron chi connectivity index (χ0n) is 10.2. The van der Waals surface area contributed by atoms with E-state index in [0.717, 1.165) is 13.0 Å². The van der Waals surface area contributed by atoms with Gasteiger partial charge in [-0.25, -0.2) is 4.79 Å². The van der Waals surface area contributed by atoms with Crippen molar-refractivity contribution in [3.8, 4) is 0 Å². The predicted octanol–water partition coefficient (Wildman–Crippen LogP) is 2.47. The number of carbonyl (C=O) groups excluding carboxylic acids is 1. The molecule has 16 heavy (non-hydrogen) atoms. The van der Waals surface area contributed by atoms with Crippen LogP contribution >= 0.6 is 0 Å². The molecule has 0 bridgehead atoms. The summed E-state index contributed by atoms with van der Waals surface area (Å²) in [5.41, 5.74) is 0. The third-order valence-corrected chi connectivity index (χ3v) is 2.77. The smallest absolute Gasteiger partial charge is 0.407 e. The third-order valence-electron chi connectivity index (χ3n) is 2.77. The minimum atomic E-state index is -0.333. The summed E-state index contributed by atoms with van der Waals surface area (Å²) in [6.45, 7) is 3.58. The number of hydrogen-bond acceptors (Lipinski definition) is 3. The molecule has 4 nitrogen and oxygen atoms in total. The molecule has 1 saturated carbocycles. The van der Waals surface area contributed by atoms with Crippen molar-refractivity contribution in [3.63, 3.8) is 0 Å². The second-order valence-corrected chi connectivity index (χ2v) is 4.13. The number of rotatable bonds is 6. The third kappa shape index (κ3) is 5.95. The molecule has 1 aliphatic carbocycles. The minimum Gasteiger partial charge on any atom is -0.450 e. The van der Waals surface area contributed by atoms with E-state index in [0.29, 0.717) is 19.3 Å². The number of hydrogen-bond donors (Lipinski definition) is 1. The van der Waals surface area contributed by atoms with Gasteiger partial charge in [-0.2, -0.15) is 0 Å². The molecule has 94 valence electrons. The van der Waals surface area contributed by atoms with Gasteiger partial charge in [-0.3, -0.25) is 0 Å². The summed E-state index contributed by atoms with van der Waals surface area (Å²) >= 11 is 0. The van der Waals surface area contributed by atoms with E-state index in [9.17, 15) is 4.79 Å². The van der Waals surface area contributed by atoms with Crippen LogP contribution in [0.3, 0.4) is 0 Å². The van der Waals surface area contributed by atoms with Gasteiger partial charge in [0.2, 0.25) is 0 Å². The van der Waals surface area contributed by atoms with E-state index in [1.165, 1.54) is 32.1 Å². The van der Waals surface area contributed by atoms with Crippen LogP contribution in [0.4, 0.5) is 4.79 Å². The molecule has 1 N–H and O–H groups in total. The van der Waals surface area contributed by atoms with Crippen molar-refractivity contribution in [1.82, 2.24) is 5.32 Å². The highest BCUT2D eigenvalue weighted by molar-refractivity contribution is 5.66. The average Bonchev–Trinajstić information content (AvgIpc) is 2.30. The molecule has 0 aromatic heterocycles. The molecular weight excluding hydrogens is 206 g/mol. The van der Waals surface area contributed by atoms with Gasteiger partial charge in [0.1, 0.15) is 0 Å². The summed E-state index contributed by atoms with van der Waals surface area (Å²) in [6.07, 6.45) is 7.32. The van der Waals surface area contributed by atoms with Gasteiger partial charge in [-0.1, -0.05) is 19.3 Å². The van der Waals surface area contributed by atoms with Crippen molar-refractivity contribution in [2.45, 2.75) is 51.6 Å². The Bertz CT molecular complexity index is 191. The SMILES string of the molecule is CCOC(=O)NCCCOC1CCCCC1. The molecule has 0 saturated heterocycles. The van der Waals surface area contributed by atoms with Crippen molar-refractivity contribution in [1.29, 1.82) is 0 Å². The molecule has 0 aromatic rings. The summed E-state index contributed by atoms with van der Waals surface area (Å²) in [5.74, 6) is 0. The van der Waals surface area contributed by atoms with Crippen molar-refractivity contribution < 1.29 is 14.3 Å². The highest BCUT2D eigenvalue weighted by atomic mass is 16.5. The fraction of sp³-hybridized carbons (Fsp3) is 0.917. The van der Waals surface area contributed by atoms with Gasteiger partial charge in [0.25, 0.3) is 0 Å². The first kappa shape index (κ1) is 13.3. The van der Waals surface area contributed by atoms with Crippen LogP contribution < -0.4 is 5.32 Å². The van der Waals surface area contributed by atoms with Gasteiger partial charge in [-0.15, -0.1) is 0 Å². The Balaban J connectivity index is 1.89. The molecule has 1 aliphatic rings. The zero-order chi connectivity index (χ0) is 11.6. The van der Waals surface area contributed by atoms with E-state index >= 15 is 0 Å². The molecule has 0 aliphatic heterocycles. The van der Waals surface area contributed by atoms with Crippen LogP contribution in [0.2, 0.25) is 0 Å². The topological polar surface area (TPSA) is 47.6 Å². The van der Waals surface area contributed by atoms with E-state index in [1.807, 2.05) is 0 Å². The first-order valence-corrected chi connectivity index (χ1v) is 6.35. The summed E-state index contributed by atoms with van der Waals surface area (Å²) < 4.78 is 10.5. The number of amides is 1. The lowest BCUT2D eigenvalue weighted by atomic mass is 9.98. The standard InChI is InChI=1S/C12H23NO3/c1-2-15-12(14)13-9-6-10-16-11-7-4-3-5-8-11/h11H,2-10H2,1H3,(H,13,14). The number of nitrogens with one attached hydrogen (secondary N) is 1. The Kier molecular flexibility index (Phi) is 6.97. The van der Waals surface area contributed by atoms with E-state index < -0.39 is 0 Å². The van der Waals surface area contributed by atoms with Gasteiger partial charge in [0, 0.05) is 13.2 Å². The molecule has 1 rings (SSSR count). The van der Waals surface area contributed by atoms with Gasteiger partial charge >= 0.3 is 6.09 Å². The Morgan fingerprint density at radius 3 is 2.75 bits per heavy atom. The van der Waals surface area contributed by atoms with Gasteiger partial charge in [0.15, 0.2) is 0 Å². The molecule has 0 aromatic carbocycles. The molecule has 0 atom stereocenters. The molecule has 0 unspecified atom stereocenters. The first-order valence-electron chi connectivity index (χ1n) is 6.35. The first-order chi connectivity index (χ1) is 7.83. The van der Waals surface area contributed by atoms with Crippen LogP contribution in [0.1, 0.15) is 45.4 Å². The molecule has 1 fully saturated rings. The maximum atomic E-state index is 10.9. The molecule has 1 amide bonds. The lowest BCUT2D eigenvalue weighted by Gasteiger charge is -2.21. The maximum Gasteiger partial charge on any atom is 0.407 e. The predicted molar refractivity (Wildman–Crippen MR) is 62.5 cm³/mol. The normalized spacial score (nSPS) is 17.1. The van der Waals surface area contributed by atoms with E-state index in [2.05, 4.69) is 5.32 Å². The van der Waals surface area contributed by atoms with E-state index in [4.69, 9.17) is 9.47 Å². The Labute approximate surface area is 97.7 Å². The Morgan fingerprint density at radius 2 is 2.06 bits per heavy atom. The molecule has 0 spiro atoms. The Morgan fingerprint density at radius 1 is 1.31 bits per heavy atom. The second kappa shape index (κ2) is 8.39. The lowest BCUT2D eigenvalue weighted by Crippen LogP contribution is -2.26. The summed E-state index contributed by atoms with van der Waals surface area (Å²) in [4.78, 5) is 10.9. The summed E-state index contributed by atoms with van der Waals surface area (Å²) in [7, 11) is 0. The van der Waals surface area contributed by atoms with Crippen LogP contribution in [-0.4, -0.2) is 32.0 Å². The Hall–Kier alpha value is -0.770. The molecular formula is C12H23NO3. The zero-order valence-corrected chi connectivity index (χ0v) is 10.2. The highest BCUT2D eigenvalue weighted by Gasteiger charge is 2.12. The van der Waals surface area contributed by atoms with Crippen molar-refractivity contribution in [2.75, 3.05) is 19.8 Å². The van der Waals surface area contributed by atoms with Gasteiger partial charge < -0.3 is 14.8 Å². The van der Waals surface area contributed by atoms with Crippen LogP contribution in [0, 0.1) is 0 Å². The summed E-state index contributed by atoms with van der Waals surface area (Å²) in [5, 5.41) is 2.68. The lowest BCUT2D eigenvalue weighted by molar-refractivity contribution is 0.0273. The van der Waals surface area contributed by atoms with E-state index in [-0.39, 0.29) is 6.09 Å². The van der Waals surface area contributed by atoms with Crippen LogP contribution in [0.15, 0.2) is 0 Å². The van der Waals surface area contributed by atoms with Crippen LogP contribution in [0.25, 0.3) is 0 Å². The number of carbonyl (C=O) groups is 1. The average molecular weight is 229 g/mol. The second-order valence-electron chi connectivity index (χ2n) is 4.13. The minimum absolute atomic E-state index is 0.333. The molecule has 4 heteroatoms. The monoisotopic (exact) mass is 229 g/mol. The van der Waals surface area contributed by atoms with Crippen molar-refractivity contribution >= 4 is 6.09 Å². The maximum absolute atomic E-state index is 10.9. The van der Waals surface area contributed by atoms with Gasteiger partial charge in [-0.05, 0) is 26.2 Å². The van der Waals surface area contributed by atoms with Crippen LogP contribution in [0.5, 0.6) is 0 Å². The van der Waals surface area contributed by atoms with E-state index in [1.54, 1.807) is 6.92 Å².